The smallest absolute Gasteiger partial charge is 0.243 e. The van der Waals surface area contributed by atoms with Crippen LogP contribution in [0.2, 0.25) is 0 Å². The first-order valence-electron chi connectivity index (χ1n) is 10.4. The Morgan fingerprint density at radius 1 is 1.00 bits per heavy atom. The maximum atomic E-state index is 12.8. The van der Waals surface area contributed by atoms with Crippen LogP contribution < -0.4 is 0 Å². The van der Waals surface area contributed by atoms with Gasteiger partial charge in [-0.2, -0.15) is 4.31 Å². The number of hydrogen-bond acceptors (Lipinski definition) is 3. The molecular formula is C21H32N2O3S. The molecule has 1 aliphatic carbocycles. The Bertz CT molecular complexity index is 718. The number of carbonyl (C=O) groups excluding carboxylic acids is 1. The highest BCUT2D eigenvalue weighted by Gasteiger charge is 2.26. The molecule has 0 bridgehead atoms. The number of likely N-dealkylation sites (N-methyl/N-ethyl adjacent to an activating group) is 1. The molecule has 1 saturated heterocycles. The van der Waals surface area contributed by atoms with Crippen molar-refractivity contribution in [3.05, 3.63) is 29.8 Å². The molecular weight excluding hydrogens is 360 g/mol. The molecule has 1 heterocycles. The molecule has 1 aliphatic heterocycles. The highest BCUT2D eigenvalue weighted by molar-refractivity contribution is 7.89. The first-order valence-corrected chi connectivity index (χ1v) is 11.8. The lowest BCUT2D eigenvalue weighted by molar-refractivity contribution is -0.133. The van der Waals surface area contributed by atoms with Crippen molar-refractivity contribution in [1.82, 2.24) is 9.21 Å². The lowest BCUT2D eigenvalue weighted by Crippen LogP contribution is -2.42. The normalized spacial score (nSPS) is 19.7. The summed E-state index contributed by atoms with van der Waals surface area (Å²) in [5.41, 5.74) is 0.881. The number of piperidine rings is 1. The maximum absolute atomic E-state index is 12.8. The minimum atomic E-state index is -3.41. The summed E-state index contributed by atoms with van der Waals surface area (Å²) >= 11 is 0. The number of benzene rings is 1. The van der Waals surface area contributed by atoms with Gasteiger partial charge in [-0.3, -0.25) is 4.79 Å². The fraction of sp³-hybridized carbons (Fsp3) is 0.667. The zero-order valence-electron chi connectivity index (χ0n) is 16.4. The van der Waals surface area contributed by atoms with Crippen molar-refractivity contribution in [2.45, 2.75) is 75.6 Å². The molecule has 0 atom stereocenters. The van der Waals surface area contributed by atoms with Crippen molar-refractivity contribution in [3.63, 3.8) is 0 Å². The lowest BCUT2D eigenvalue weighted by Gasteiger charge is -2.33. The second-order valence-electron chi connectivity index (χ2n) is 7.76. The minimum Gasteiger partial charge on any atom is -0.340 e. The van der Waals surface area contributed by atoms with Gasteiger partial charge in [-0.05, 0) is 50.3 Å². The van der Waals surface area contributed by atoms with Crippen LogP contribution in [0.1, 0.15) is 63.9 Å². The zero-order valence-corrected chi connectivity index (χ0v) is 17.2. The minimum absolute atomic E-state index is 0.149. The third-order valence-electron chi connectivity index (χ3n) is 5.91. The van der Waals surface area contributed by atoms with E-state index in [9.17, 15) is 13.2 Å². The van der Waals surface area contributed by atoms with Crippen molar-refractivity contribution in [2.24, 2.45) is 0 Å². The first kappa shape index (κ1) is 20.3. The molecule has 0 aromatic heterocycles. The Kier molecular flexibility index (Phi) is 6.93. The average molecular weight is 393 g/mol. The molecule has 1 saturated carbocycles. The van der Waals surface area contributed by atoms with E-state index in [4.69, 9.17) is 0 Å². The maximum Gasteiger partial charge on any atom is 0.243 e. The molecule has 6 heteroatoms. The van der Waals surface area contributed by atoms with Crippen molar-refractivity contribution in [1.29, 1.82) is 0 Å². The molecule has 2 fully saturated rings. The van der Waals surface area contributed by atoms with Gasteiger partial charge < -0.3 is 4.90 Å². The monoisotopic (exact) mass is 392 g/mol. The van der Waals surface area contributed by atoms with Gasteiger partial charge in [0.2, 0.25) is 15.9 Å². The lowest BCUT2D eigenvalue weighted by atomic mass is 9.94. The van der Waals surface area contributed by atoms with Gasteiger partial charge in [-0.15, -0.1) is 0 Å². The van der Waals surface area contributed by atoms with Gasteiger partial charge in [0.25, 0.3) is 0 Å². The van der Waals surface area contributed by atoms with E-state index in [-0.39, 0.29) is 5.91 Å². The number of hydrogen-bond donors (Lipinski definition) is 0. The van der Waals surface area contributed by atoms with E-state index in [1.165, 1.54) is 19.3 Å². The van der Waals surface area contributed by atoms with E-state index in [1.807, 2.05) is 11.8 Å². The standard InChI is InChI=1S/C21H32N2O3S/c1-2-23(19-9-5-3-6-10-19)21(24)17-18-11-13-20(14-12-18)27(25,26)22-15-7-4-8-16-22/h11-14,19H,2-10,15-17H2,1H3. The molecule has 0 radical (unpaired) electrons. The van der Waals surface area contributed by atoms with Crippen LogP contribution in [0.5, 0.6) is 0 Å². The summed E-state index contributed by atoms with van der Waals surface area (Å²) in [6.07, 6.45) is 9.19. The molecule has 5 nitrogen and oxygen atoms in total. The summed E-state index contributed by atoms with van der Waals surface area (Å²) in [4.78, 5) is 15.1. The van der Waals surface area contributed by atoms with Gasteiger partial charge in [-0.1, -0.05) is 37.8 Å². The van der Waals surface area contributed by atoms with Gasteiger partial charge in [-0.25, -0.2) is 8.42 Å². The van der Waals surface area contributed by atoms with Crippen LogP contribution in [0.25, 0.3) is 0 Å². The van der Waals surface area contributed by atoms with Gasteiger partial charge in [0.05, 0.1) is 11.3 Å². The molecule has 1 aromatic rings. The number of rotatable bonds is 6. The van der Waals surface area contributed by atoms with Crippen molar-refractivity contribution < 1.29 is 13.2 Å². The predicted octanol–water partition coefficient (Wildman–Crippen LogP) is 3.58. The molecule has 1 aromatic carbocycles. The van der Waals surface area contributed by atoms with E-state index in [0.29, 0.717) is 30.4 Å². The Hall–Kier alpha value is -1.40. The highest BCUT2D eigenvalue weighted by Crippen LogP contribution is 2.24. The van der Waals surface area contributed by atoms with Crippen LogP contribution in [-0.4, -0.2) is 49.2 Å². The van der Waals surface area contributed by atoms with Crippen LogP contribution in [-0.2, 0) is 21.2 Å². The summed E-state index contributed by atoms with van der Waals surface area (Å²) < 4.78 is 27.0. The second-order valence-corrected chi connectivity index (χ2v) is 9.69. The summed E-state index contributed by atoms with van der Waals surface area (Å²) in [7, 11) is -3.41. The average Bonchev–Trinajstić information content (AvgIpc) is 2.70. The van der Waals surface area contributed by atoms with Crippen LogP contribution >= 0.6 is 0 Å². The molecule has 3 rings (SSSR count). The number of sulfonamides is 1. The van der Waals surface area contributed by atoms with Crippen LogP contribution in [0.4, 0.5) is 0 Å². The van der Waals surface area contributed by atoms with E-state index in [2.05, 4.69) is 0 Å². The van der Waals surface area contributed by atoms with Crippen LogP contribution in [0.3, 0.4) is 0 Å². The van der Waals surface area contributed by atoms with Gasteiger partial charge in [0, 0.05) is 25.7 Å². The van der Waals surface area contributed by atoms with Gasteiger partial charge in [0.1, 0.15) is 0 Å². The summed E-state index contributed by atoms with van der Waals surface area (Å²) in [6.45, 7) is 4.00. The summed E-state index contributed by atoms with van der Waals surface area (Å²) in [5, 5.41) is 0. The van der Waals surface area contributed by atoms with Crippen molar-refractivity contribution >= 4 is 15.9 Å². The van der Waals surface area contributed by atoms with Crippen LogP contribution in [0.15, 0.2) is 29.2 Å². The predicted molar refractivity (Wildman–Crippen MR) is 107 cm³/mol. The first-order chi connectivity index (χ1) is 13.0. The molecule has 2 aliphatic rings. The van der Waals surface area contributed by atoms with E-state index < -0.39 is 10.0 Å². The quantitative estimate of drug-likeness (QED) is 0.743. The van der Waals surface area contributed by atoms with E-state index >= 15 is 0 Å². The van der Waals surface area contributed by atoms with Crippen molar-refractivity contribution in [3.8, 4) is 0 Å². The highest BCUT2D eigenvalue weighted by atomic mass is 32.2. The van der Waals surface area contributed by atoms with Crippen molar-refractivity contribution in [2.75, 3.05) is 19.6 Å². The van der Waals surface area contributed by atoms with E-state index in [0.717, 1.165) is 44.2 Å². The fourth-order valence-electron chi connectivity index (χ4n) is 4.34. The topological polar surface area (TPSA) is 57.7 Å². The van der Waals surface area contributed by atoms with E-state index in [1.54, 1.807) is 28.6 Å². The largest absolute Gasteiger partial charge is 0.340 e. The molecule has 150 valence electrons. The third kappa shape index (κ3) is 4.91. The van der Waals surface area contributed by atoms with Crippen LogP contribution in [0, 0.1) is 0 Å². The Balaban J connectivity index is 1.65. The fourth-order valence-corrected chi connectivity index (χ4v) is 5.86. The molecule has 0 unspecified atom stereocenters. The molecule has 0 spiro atoms. The second kappa shape index (κ2) is 9.20. The third-order valence-corrected chi connectivity index (χ3v) is 7.82. The molecule has 27 heavy (non-hydrogen) atoms. The molecule has 0 N–H and O–H groups in total. The Labute approximate surface area is 163 Å². The Morgan fingerprint density at radius 3 is 2.19 bits per heavy atom. The number of nitrogens with zero attached hydrogens (tertiary/aromatic N) is 2. The SMILES string of the molecule is CCN(C(=O)Cc1ccc(S(=O)(=O)N2CCCCC2)cc1)C1CCCCC1. The molecule has 1 amide bonds. The summed E-state index contributed by atoms with van der Waals surface area (Å²) in [6, 6.07) is 7.27. The number of carbonyl (C=O) groups is 1. The summed E-state index contributed by atoms with van der Waals surface area (Å²) in [5.74, 6) is 0.149. The zero-order chi connectivity index (χ0) is 19.3. The van der Waals surface area contributed by atoms with Gasteiger partial charge >= 0.3 is 0 Å². The van der Waals surface area contributed by atoms with Gasteiger partial charge in [0.15, 0.2) is 0 Å². The number of amides is 1. The Morgan fingerprint density at radius 2 is 1.59 bits per heavy atom.